The van der Waals surface area contributed by atoms with E-state index in [1.807, 2.05) is 41.3 Å². The van der Waals surface area contributed by atoms with Gasteiger partial charge in [0.2, 0.25) is 0 Å². The second kappa shape index (κ2) is 14.6. The van der Waals surface area contributed by atoms with Gasteiger partial charge in [-0.1, -0.05) is 12.1 Å². The molecule has 0 saturated heterocycles. The van der Waals surface area contributed by atoms with Gasteiger partial charge in [-0.15, -0.1) is 6.42 Å². The van der Waals surface area contributed by atoms with Gasteiger partial charge in [-0.3, -0.25) is 9.97 Å². The molecule has 2 heterocycles. The van der Waals surface area contributed by atoms with E-state index in [-0.39, 0.29) is 25.7 Å². The summed E-state index contributed by atoms with van der Waals surface area (Å²) < 4.78 is 0. The fourth-order valence-electron chi connectivity index (χ4n) is 2.00. The van der Waals surface area contributed by atoms with Crippen molar-refractivity contribution in [3.05, 3.63) is 60.2 Å². The standard InChI is InChI=1S/C28H13N3.18H2/c1-2-3-4-5-6-7-8-9-10-11-12-13-14-19-24-31(25-27-20-15-17-22-29-27)26-28-21-16-18-23-30-28;;;;;;;;;;;;;;;;;;/h1,15-18,20-23H,25-26H2;18*1H. The molecule has 2 rings (SSSR count). The second-order valence-electron chi connectivity index (χ2n) is 5.38. The van der Waals surface area contributed by atoms with Gasteiger partial charge in [0.25, 0.3) is 0 Å². The highest BCUT2D eigenvalue weighted by Gasteiger charge is 2.04. The van der Waals surface area contributed by atoms with Crippen molar-refractivity contribution in [2.75, 3.05) is 0 Å². The molecule has 2 aromatic rings. The summed E-state index contributed by atoms with van der Waals surface area (Å²) in [5.41, 5.74) is 1.81. The van der Waals surface area contributed by atoms with Gasteiger partial charge in [0.1, 0.15) is 0 Å². The van der Waals surface area contributed by atoms with Crippen LogP contribution in [-0.2, 0) is 13.1 Å². The minimum absolute atomic E-state index is 0. The van der Waals surface area contributed by atoms with Crippen molar-refractivity contribution in [2.45, 2.75) is 13.1 Å². The first-order chi connectivity index (χ1) is 15.4. The number of rotatable bonds is 4. The van der Waals surface area contributed by atoms with Gasteiger partial charge >= 0.3 is 0 Å². The van der Waals surface area contributed by atoms with E-state index < -0.39 is 0 Å². The van der Waals surface area contributed by atoms with E-state index in [9.17, 15) is 0 Å². The molecule has 0 aliphatic carbocycles. The van der Waals surface area contributed by atoms with Gasteiger partial charge in [0, 0.05) is 85.6 Å². The van der Waals surface area contributed by atoms with Crippen LogP contribution in [-0.4, -0.2) is 14.9 Å². The van der Waals surface area contributed by atoms with Crippen molar-refractivity contribution < 1.29 is 25.7 Å². The zero-order valence-electron chi connectivity index (χ0n) is 16.5. The number of hydrogen-bond acceptors (Lipinski definition) is 3. The molecule has 0 aliphatic heterocycles. The van der Waals surface area contributed by atoms with Gasteiger partial charge in [-0.2, -0.15) is 0 Å². The van der Waals surface area contributed by atoms with Gasteiger partial charge in [-0.25, -0.2) is 0 Å². The van der Waals surface area contributed by atoms with Gasteiger partial charge in [0.05, 0.1) is 24.5 Å². The maximum atomic E-state index is 4.95. The third-order valence-electron chi connectivity index (χ3n) is 3.19. The number of hydrogen-bond donors (Lipinski definition) is 0. The summed E-state index contributed by atoms with van der Waals surface area (Å²) in [6, 6.07) is 14.5. The molecule has 0 atom stereocenters. The SMILES string of the molecule is C#CC#CC#CC#CC#CC#CC#CC#CN(Cc1ccccn1)Cc1ccccn1.[HH].[HH].[HH].[HH].[HH].[HH].[HH].[HH].[HH].[HH].[HH].[HH].[HH].[HH].[HH].[HH].[HH].[HH]. The maximum absolute atomic E-state index is 4.95. The Bertz CT molecular complexity index is 1370. The van der Waals surface area contributed by atoms with E-state index >= 15 is 0 Å². The summed E-state index contributed by atoms with van der Waals surface area (Å²) in [6.45, 7) is 1.11. The monoisotopic (exact) mass is 427 g/mol. The lowest BCUT2D eigenvalue weighted by atomic mass is 10.3. The van der Waals surface area contributed by atoms with Gasteiger partial charge < -0.3 is 4.90 Å². The van der Waals surface area contributed by atoms with Crippen molar-refractivity contribution in [3.63, 3.8) is 0 Å². The first kappa shape index (κ1) is 21.9. The highest BCUT2D eigenvalue weighted by atomic mass is 15.1. The van der Waals surface area contributed by atoms with Crippen LogP contribution in [0, 0.1) is 95.4 Å². The van der Waals surface area contributed by atoms with Crippen LogP contribution in [0.1, 0.15) is 37.1 Å². The van der Waals surface area contributed by atoms with Gasteiger partial charge in [0.15, 0.2) is 0 Å². The van der Waals surface area contributed by atoms with Crippen LogP contribution in [0.5, 0.6) is 0 Å². The summed E-state index contributed by atoms with van der Waals surface area (Å²) in [7, 11) is 0. The fourth-order valence-corrected chi connectivity index (χ4v) is 2.00. The Morgan fingerprint density at radius 3 is 1.42 bits per heavy atom. The number of terminal acetylenes is 1. The normalized spacial score (nSPS) is 7.06. The highest BCUT2D eigenvalue weighted by Crippen LogP contribution is 2.05. The van der Waals surface area contributed by atoms with Crippen LogP contribution in [0.25, 0.3) is 0 Å². The summed E-state index contributed by atoms with van der Waals surface area (Å²) in [5.74, 6) is 35.3. The Kier molecular flexibility index (Phi) is 10.3. The van der Waals surface area contributed by atoms with Crippen LogP contribution in [0.4, 0.5) is 0 Å². The van der Waals surface area contributed by atoms with E-state index in [4.69, 9.17) is 6.42 Å². The lowest BCUT2D eigenvalue weighted by molar-refractivity contribution is 0.375. The smallest absolute Gasteiger partial charge is 0.0688 e. The van der Waals surface area contributed by atoms with E-state index in [1.165, 1.54) is 0 Å². The summed E-state index contributed by atoms with van der Waals surface area (Å²) >= 11 is 0. The highest BCUT2D eigenvalue weighted by molar-refractivity contribution is 5.45. The molecule has 3 nitrogen and oxygen atoms in total. The van der Waals surface area contributed by atoms with Crippen LogP contribution in [0.3, 0.4) is 0 Å². The maximum Gasteiger partial charge on any atom is 0.0688 e. The third kappa shape index (κ3) is 10.5. The minimum Gasteiger partial charge on any atom is -0.320 e. The van der Waals surface area contributed by atoms with Crippen LogP contribution in [0.2, 0.25) is 0 Å². The van der Waals surface area contributed by atoms with Crippen molar-refractivity contribution in [3.8, 4) is 95.4 Å². The van der Waals surface area contributed by atoms with Crippen molar-refractivity contribution in [1.82, 2.24) is 14.9 Å². The van der Waals surface area contributed by atoms with Crippen LogP contribution in [0.15, 0.2) is 48.8 Å². The van der Waals surface area contributed by atoms with Crippen molar-refractivity contribution in [2.24, 2.45) is 0 Å². The first-order valence-electron chi connectivity index (χ1n) is 8.89. The molecule has 0 unspecified atom stereocenters. The second-order valence-corrected chi connectivity index (χ2v) is 5.38. The average molecular weight is 428 g/mol. The zero-order valence-corrected chi connectivity index (χ0v) is 16.5. The largest absolute Gasteiger partial charge is 0.320 e. The Morgan fingerprint density at radius 2 is 1.03 bits per heavy atom. The van der Waals surface area contributed by atoms with E-state index in [1.54, 1.807) is 12.4 Å². The molecule has 0 N–H and O–H groups in total. The molecule has 0 aliphatic rings. The number of pyridine rings is 2. The zero-order chi connectivity index (χ0) is 21.8. The summed E-state index contributed by atoms with van der Waals surface area (Å²) in [6.07, 6.45) is 8.46. The molecule has 0 aromatic carbocycles. The molecule has 0 saturated carbocycles. The van der Waals surface area contributed by atoms with Crippen LogP contribution < -0.4 is 0 Å². The van der Waals surface area contributed by atoms with Crippen molar-refractivity contribution in [1.29, 1.82) is 0 Å². The lowest BCUT2D eigenvalue weighted by Gasteiger charge is -2.16. The number of aromatic nitrogens is 2. The molecule has 0 bridgehead atoms. The quantitative estimate of drug-likeness (QED) is 0.411. The lowest BCUT2D eigenvalue weighted by Crippen LogP contribution is -2.18. The molecule has 31 heavy (non-hydrogen) atoms. The molecule has 176 valence electrons. The first-order valence-corrected chi connectivity index (χ1v) is 8.89. The third-order valence-corrected chi connectivity index (χ3v) is 3.19. The molecule has 3 heteroatoms. The number of nitrogens with zero attached hydrogens (tertiary/aromatic N) is 3. The predicted octanol–water partition coefficient (Wildman–Crippen LogP) is 6.52. The molecular formula is C28H49N3. The summed E-state index contributed by atoms with van der Waals surface area (Å²) in [5, 5.41) is 0. The Labute approximate surface area is 210 Å². The topological polar surface area (TPSA) is 29.0 Å². The molecule has 0 amide bonds. The molecule has 0 fully saturated rings. The van der Waals surface area contributed by atoms with Crippen molar-refractivity contribution >= 4 is 0 Å². The van der Waals surface area contributed by atoms with E-state index in [0.717, 1.165) is 11.4 Å². The predicted molar refractivity (Wildman–Crippen MR) is 159 cm³/mol. The molecular weight excluding hydrogens is 378 g/mol. The van der Waals surface area contributed by atoms with Gasteiger partial charge in [-0.05, 0) is 65.7 Å². The van der Waals surface area contributed by atoms with E-state index in [2.05, 4.69) is 98.9 Å². The average Bonchev–Trinajstić information content (AvgIpc) is 2.80. The minimum atomic E-state index is 0. The van der Waals surface area contributed by atoms with Crippen LogP contribution >= 0.6 is 0 Å². The summed E-state index contributed by atoms with van der Waals surface area (Å²) in [4.78, 5) is 10.6. The Balaban J connectivity index is -0.0000000379. The molecule has 0 spiro atoms. The van der Waals surface area contributed by atoms with E-state index in [0.29, 0.717) is 13.1 Å². The fraction of sp³-hybridized carbons (Fsp3) is 0.0714. The Morgan fingerprint density at radius 1 is 0.613 bits per heavy atom. The molecule has 2 aromatic heterocycles. The molecule has 0 radical (unpaired) electrons. The Hall–Kier alpha value is -5.42.